The number of carbonyl (C=O) groups is 3. The third-order valence-electron chi connectivity index (χ3n) is 3.85. The summed E-state index contributed by atoms with van der Waals surface area (Å²) in [7, 11) is 0. The molecule has 6 nitrogen and oxygen atoms in total. The summed E-state index contributed by atoms with van der Waals surface area (Å²) in [6, 6.07) is -0.724. The number of carboxylic acids is 1. The highest BCUT2D eigenvalue weighted by atomic mass is 32.2. The number of hydrogen-bond acceptors (Lipinski definition) is 4. The highest BCUT2D eigenvalue weighted by molar-refractivity contribution is 7.99. The highest BCUT2D eigenvalue weighted by Crippen LogP contribution is 2.24. The van der Waals surface area contributed by atoms with Crippen LogP contribution in [0, 0.1) is 5.92 Å². The van der Waals surface area contributed by atoms with E-state index < -0.39 is 12.0 Å². The van der Waals surface area contributed by atoms with Gasteiger partial charge in [-0.1, -0.05) is 12.8 Å². The molecular weight excluding hydrogens is 280 g/mol. The Kier molecular flexibility index (Phi) is 5.28. The number of rotatable bonds is 5. The average molecular weight is 300 g/mol. The zero-order chi connectivity index (χ0) is 14.5. The van der Waals surface area contributed by atoms with Crippen molar-refractivity contribution in [2.45, 2.75) is 38.1 Å². The van der Waals surface area contributed by atoms with Crippen LogP contribution in [0.4, 0.5) is 0 Å². The molecule has 7 heteroatoms. The Hall–Kier alpha value is -1.24. The van der Waals surface area contributed by atoms with Crippen molar-refractivity contribution in [1.29, 1.82) is 0 Å². The lowest BCUT2D eigenvalue weighted by Gasteiger charge is -2.20. The molecule has 0 radical (unpaired) electrons. The van der Waals surface area contributed by atoms with E-state index in [0.29, 0.717) is 18.2 Å². The lowest BCUT2D eigenvalue weighted by molar-refractivity contribution is -0.147. The number of aliphatic carboxylic acids is 1. The van der Waals surface area contributed by atoms with Crippen molar-refractivity contribution in [1.82, 2.24) is 10.2 Å². The number of carbonyl (C=O) groups excluding carboxylic acids is 2. The summed E-state index contributed by atoms with van der Waals surface area (Å²) in [4.78, 5) is 36.1. The van der Waals surface area contributed by atoms with Crippen molar-refractivity contribution >= 4 is 29.5 Å². The van der Waals surface area contributed by atoms with E-state index in [1.54, 1.807) is 0 Å². The summed E-state index contributed by atoms with van der Waals surface area (Å²) in [6.45, 7) is 0.293. The van der Waals surface area contributed by atoms with Gasteiger partial charge in [-0.15, -0.1) is 11.8 Å². The van der Waals surface area contributed by atoms with Crippen LogP contribution in [0.25, 0.3) is 0 Å². The number of carboxylic acid groups (broad SMARTS) is 1. The first kappa shape index (κ1) is 15.2. The van der Waals surface area contributed by atoms with Gasteiger partial charge in [-0.25, -0.2) is 4.79 Å². The maximum Gasteiger partial charge on any atom is 0.327 e. The van der Waals surface area contributed by atoms with Gasteiger partial charge in [0, 0.05) is 24.6 Å². The maximum absolute atomic E-state index is 12.0. The lowest BCUT2D eigenvalue weighted by Crippen LogP contribution is -2.43. The van der Waals surface area contributed by atoms with Crippen LogP contribution in [0.1, 0.15) is 32.1 Å². The van der Waals surface area contributed by atoms with Crippen LogP contribution >= 0.6 is 11.8 Å². The van der Waals surface area contributed by atoms with E-state index >= 15 is 0 Å². The van der Waals surface area contributed by atoms with Crippen molar-refractivity contribution in [2.75, 3.05) is 18.2 Å². The molecule has 0 unspecified atom stereocenters. The molecule has 0 bridgehead atoms. The van der Waals surface area contributed by atoms with Crippen molar-refractivity contribution in [3.63, 3.8) is 0 Å². The summed E-state index contributed by atoms with van der Waals surface area (Å²) in [6.07, 6.45) is 4.24. The van der Waals surface area contributed by atoms with Crippen molar-refractivity contribution in [2.24, 2.45) is 5.92 Å². The van der Waals surface area contributed by atoms with Crippen LogP contribution < -0.4 is 5.32 Å². The molecule has 1 heterocycles. The van der Waals surface area contributed by atoms with Gasteiger partial charge >= 0.3 is 5.97 Å². The predicted octanol–water partition coefficient (Wildman–Crippen LogP) is 0.669. The molecule has 2 rings (SSSR count). The van der Waals surface area contributed by atoms with E-state index in [4.69, 9.17) is 5.11 Å². The van der Waals surface area contributed by atoms with E-state index in [-0.39, 0.29) is 24.2 Å². The van der Waals surface area contributed by atoms with Crippen molar-refractivity contribution in [3.05, 3.63) is 0 Å². The summed E-state index contributed by atoms with van der Waals surface area (Å²) >= 11 is 1.44. The van der Waals surface area contributed by atoms with E-state index in [2.05, 4.69) is 5.32 Å². The minimum atomic E-state index is -0.960. The summed E-state index contributed by atoms with van der Waals surface area (Å²) in [5.41, 5.74) is 0. The molecule has 112 valence electrons. The summed E-state index contributed by atoms with van der Waals surface area (Å²) < 4.78 is 0. The fraction of sp³-hybridized carbons (Fsp3) is 0.769. The molecule has 2 N–H and O–H groups in total. The second-order valence-corrected chi connectivity index (χ2v) is 6.24. The average Bonchev–Trinajstić information content (AvgIpc) is 3.09. The van der Waals surface area contributed by atoms with Crippen LogP contribution in [-0.2, 0) is 14.4 Å². The Labute approximate surface area is 122 Å². The quantitative estimate of drug-likeness (QED) is 0.779. The smallest absolute Gasteiger partial charge is 0.327 e. The Morgan fingerprint density at radius 3 is 2.60 bits per heavy atom. The Bertz CT molecular complexity index is 396. The third kappa shape index (κ3) is 3.65. The van der Waals surface area contributed by atoms with E-state index in [0.717, 1.165) is 25.7 Å². The molecule has 20 heavy (non-hydrogen) atoms. The van der Waals surface area contributed by atoms with E-state index in [1.807, 2.05) is 0 Å². The van der Waals surface area contributed by atoms with Gasteiger partial charge in [-0.2, -0.15) is 0 Å². The molecule has 1 saturated carbocycles. The van der Waals surface area contributed by atoms with Crippen LogP contribution in [0.15, 0.2) is 0 Å². The second-order valence-electron chi connectivity index (χ2n) is 5.24. The standard InChI is InChI=1S/C13H20N2O4S/c16-11(15-8-20-7-10(15)13(18)19)5-6-14-12(17)9-3-1-2-4-9/h9-10H,1-8H2,(H,14,17)(H,18,19)/t10-/m0/s1. The van der Waals surface area contributed by atoms with Crippen LogP contribution in [0.5, 0.6) is 0 Å². The molecule has 1 aliphatic heterocycles. The van der Waals surface area contributed by atoms with Gasteiger partial charge in [0.15, 0.2) is 0 Å². The molecule has 0 aromatic carbocycles. The monoisotopic (exact) mass is 300 g/mol. The first-order chi connectivity index (χ1) is 9.59. The van der Waals surface area contributed by atoms with Gasteiger partial charge in [0.2, 0.25) is 11.8 Å². The SMILES string of the molecule is O=C(NCCC(=O)N1CSC[C@H]1C(=O)O)C1CCCC1. The van der Waals surface area contributed by atoms with Gasteiger partial charge in [0.1, 0.15) is 6.04 Å². The zero-order valence-electron chi connectivity index (χ0n) is 11.3. The van der Waals surface area contributed by atoms with E-state index in [1.165, 1.54) is 16.7 Å². The maximum atomic E-state index is 12.0. The normalized spacial score (nSPS) is 23.0. The summed E-state index contributed by atoms with van der Waals surface area (Å²) in [5.74, 6) is -0.172. The van der Waals surface area contributed by atoms with Gasteiger partial charge in [0.05, 0.1) is 5.88 Å². The molecule has 0 aromatic heterocycles. The van der Waals surface area contributed by atoms with Gasteiger partial charge in [-0.05, 0) is 12.8 Å². The number of hydrogen-bond donors (Lipinski definition) is 2. The lowest BCUT2D eigenvalue weighted by atomic mass is 10.1. The molecular formula is C13H20N2O4S. The van der Waals surface area contributed by atoms with E-state index in [9.17, 15) is 14.4 Å². The van der Waals surface area contributed by atoms with Crippen LogP contribution in [0.3, 0.4) is 0 Å². The van der Waals surface area contributed by atoms with Crippen LogP contribution in [-0.4, -0.2) is 52.0 Å². The molecule has 0 aromatic rings. The first-order valence-electron chi connectivity index (χ1n) is 6.97. The zero-order valence-corrected chi connectivity index (χ0v) is 12.2. The molecule has 2 aliphatic rings. The molecule has 1 atom stereocenters. The molecule has 1 aliphatic carbocycles. The molecule has 2 fully saturated rings. The summed E-state index contributed by atoms with van der Waals surface area (Å²) in [5, 5.41) is 11.8. The van der Waals surface area contributed by atoms with Crippen molar-refractivity contribution in [3.8, 4) is 0 Å². The van der Waals surface area contributed by atoms with Gasteiger partial charge in [-0.3, -0.25) is 9.59 Å². The number of amides is 2. The molecule has 0 spiro atoms. The topological polar surface area (TPSA) is 86.7 Å². The van der Waals surface area contributed by atoms with Gasteiger partial charge in [0.25, 0.3) is 0 Å². The highest BCUT2D eigenvalue weighted by Gasteiger charge is 2.34. The Morgan fingerprint density at radius 2 is 1.95 bits per heavy atom. The van der Waals surface area contributed by atoms with Crippen LogP contribution in [0.2, 0.25) is 0 Å². The number of nitrogens with zero attached hydrogens (tertiary/aromatic N) is 1. The largest absolute Gasteiger partial charge is 0.480 e. The number of thioether (sulfide) groups is 1. The minimum Gasteiger partial charge on any atom is -0.480 e. The fourth-order valence-electron chi connectivity index (χ4n) is 2.66. The fourth-order valence-corrected chi connectivity index (χ4v) is 3.83. The molecule has 1 saturated heterocycles. The number of nitrogens with one attached hydrogen (secondary N) is 1. The predicted molar refractivity (Wildman–Crippen MR) is 75.2 cm³/mol. The second kappa shape index (κ2) is 6.97. The Balaban J connectivity index is 1.72. The Morgan fingerprint density at radius 1 is 1.25 bits per heavy atom. The minimum absolute atomic E-state index is 0.0286. The third-order valence-corrected chi connectivity index (χ3v) is 4.86. The van der Waals surface area contributed by atoms with Crippen molar-refractivity contribution < 1.29 is 19.5 Å². The molecule has 2 amide bonds. The first-order valence-corrected chi connectivity index (χ1v) is 8.13. The van der Waals surface area contributed by atoms with Gasteiger partial charge < -0.3 is 15.3 Å².